The van der Waals surface area contributed by atoms with Gasteiger partial charge in [0.2, 0.25) is 0 Å². The second kappa shape index (κ2) is 9.20. The van der Waals surface area contributed by atoms with Crippen LogP contribution in [0.25, 0.3) is 324 Å². The van der Waals surface area contributed by atoms with Crippen LogP contribution in [0, 0.1) is 13.8 Å². The first-order chi connectivity index (χ1) is 45.2. The van der Waals surface area contributed by atoms with Gasteiger partial charge in [0.15, 0.2) is 0 Å². The summed E-state index contributed by atoms with van der Waals surface area (Å²) < 4.78 is 0. The summed E-state index contributed by atoms with van der Waals surface area (Å²) in [5.41, 5.74) is 23.4. The van der Waals surface area contributed by atoms with Gasteiger partial charge in [0, 0.05) is 56.1 Å². The van der Waals surface area contributed by atoms with Crippen molar-refractivity contribution in [3.8, 4) is 0 Å². The minimum Gasteiger partial charge on any atom is -0.355 e. The topological polar surface area (TPSA) is 57.4 Å². The highest BCUT2D eigenvalue weighted by atomic mass is 14.8. The molecule has 5 heterocycles. The fourth-order valence-electron chi connectivity index (χ4n) is 29.8. The molecular weight excluding hydrogens is 1110 g/mol. The third kappa shape index (κ3) is 2.39. The number of hydrogen-bond donors (Lipinski definition) is 2. The number of aromatic amines is 2. The summed E-state index contributed by atoms with van der Waals surface area (Å²) >= 11 is 0. The Morgan fingerprint density at radius 2 is 0.489 bits per heavy atom. The average Bonchev–Trinajstić information content (AvgIpc) is 1.38. The fourth-order valence-corrected chi connectivity index (χ4v) is 29.8. The molecule has 0 saturated heterocycles. The molecular formula is C88H30N4. The molecule has 2 aliphatic heterocycles. The Labute approximate surface area is 509 Å². The number of nitrogens with zero attached hydrogens (tertiary/aromatic N) is 2. The van der Waals surface area contributed by atoms with Crippen molar-refractivity contribution in [3.63, 3.8) is 0 Å². The van der Waals surface area contributed by atoms with E-state index in [9.17, 15) is 0 Å². The molecule has 4 nitrogen and oxygen atoms in total. The predicted octanol–water partition coefficient (Wildman–Crippen LogP) is 22.8. The lowest BCUT2D eigenvalue weighted by atomic mass is 9.43. The maximum Gasteiger partial charge on any atom is 0.0690 e. The van der Waals surface area contributed by atoms with Crippen LogP contribution in [-0.2, 0) is 35.5 Å². The maximum atomic E-state index is 5.76. The Bertz CT molecular complexity index is 8990. The molecule has 92 heavy (non-hydrogen) atoms. The van der Waals surface area contributed by atoms with Gasteiger partial charge in [-0.25, -0.2) is 4.98 Å². The number of aryl methyl sites for hydroxylation is 2. The normalized spacial score (nSPS) is 21.4. The first kappa shape index (κ1) is 38.1. The van der Waals surface area contributed by atoms with Crippen molar-refractivity contribution in [1.82, 2.24) is 19.9 Å². The molecule has 3 aromatic heterocycles. The zero-order valence-corrected chi connectivity index (χ0v) is 49.8. The summed E-state index contributed by atoms with van der Waals surface area (Å²) in [5, 5.41) is 89.4. The van der Waals surface area contributed by atoms with E-state index in [1.165, 1.54) is 50.1 Å². The van der Waals surface area contributed by atoms with Crippen molar-refractivity contribution < 1.29 is 0 Å². The van der Waals surface area contributed by atoms with Gasteiger partial charge in [0.25, 0.3) is 0 Å². The van der Waals surface area contributed by atoms with E-state index in [-0.39, 0.29) is 5.41 Å². The zero-order valence-electron chi connectivity index (χ0n) is 49.8. The SMILES string of the molecule is CC1=C(C)c2cc3[nH]c(cc4nc(cc5[nH]c(cc1n2)c(C)c5C)CC4(C)C)c1c3CC23c4c5c6c7c8c9c(c%10c%11c2c2c4c4c%12c5c5c6c6c8c8c%13c9c9c%10c%10c%11c%11c2c2c4c4c%12c%12c5c5c6c8c6c8c%13c9c9c%10c%10c%11c2c2c4c4c%12c5c6c5c8c9c%10c2c45)C73C1. The molecule has 0 radical (unpaired) electrons. The molecule has 2 N–H and O–H groups in total. The number of H-pyrrole nitrogens is 2. The summed E-state index contributed by atoms with van der Waals surface area (Å²) in [6, 6.07) is 9.78. The van der Waals surface area contributed by atoms with Crippen molar-refractivity contribution in [2.45, 2.75) is 77.0 Å². The van der Waals surface area contributed by atoms with Crippen molar-refractivity contribution in [2.75, 3.05) is 0 Å². The van der Waals surface area contributed by atoms with Crippen molar-refractivity contribution in [3.05, 3.63) is 91.5 Å². The van der Waals surface area contributed by atoms with Crippen molar-refractivity contribution in [1.29, 1.82) is 0 Å². The largest absolute Gasteiger partial charge is 0.355 e. The van der Waals surface area contributed by atoms with Gasteiger partial charge in [-0.2, -0.15) is 0 Å². The highest BCUT2D eigenvalue weighted by Crippen LogP contribution is 2.86. The number of aromatic nitrogens is 4. The molecule has 0 amide bonds. The quantitative estimate of drug-likeness (QED) is 0.149. The number of nitrogens with one attached hydrogen (secondary N) is 2. The Morgan fingerprint density at radius 3 is 0.772 bits per heavy atom. The number of benzene rings is 18. The molecule has 0 unspecified atom stereocenters. The predicted molar refractivity (Wildman–Crippen MR) is 387 cm³/mol. The lowest BCUT2D eigenvalue weighted by Crippen LogP contribution is -2.56. The number of fused-ring (bicyclic) bond motifs is 11. The molecule has 7 aliphatic rings. The molecule has 0 atom stereocenters. The summed E-state index contributed by atoms with van der Waals surface area (Å²) in [6.07, 6.45) is 2.78. The van der Waals surface area contributed by atoms with Crippen LogP contribution in [0.2, 0.25) is 0 Å². The van der Waals surface area contributed by atoms with E-state index in [0.717, 1.165) is 47.4 Å². The monoisotopic (exact) mass is 1140 g/mol. The van der Waals surface area contributed by atoms with E-state index in [4.69, 9.17) is 9.97 Å². The smallest absolute Gasteiger partial charge is 0.0690 e. The molecule has 28 aromatic carbocycles. The Morgan fingerprint density at radius 1 is 0.261 bits per heavy atom. The van der Waals surface area contributed by atoms with Crippen LogP contribution < -0.4 is 0 Å². The van der Waals surface area contributed by atoms with E-state index in [1.54, 1.807) is 313 Å². The summed E-state index contributed by atoms with van der Waals surface area (Å²) in [4.78, 5) is 19.8. The van der Waals surface area contributed by atoms with E-state index in [1.807, 2.05) is 0 Å². The molecule has 38 rings (SSSR count). The second-order valence-corrected chi connectivity index (χ2v) is 33.8. The number of hydrogen-bond acceptors (Lipinski definition) is 2. The zero-order chi connectivity index (χ0) is 56.8. The number of rotatable bonds is 0. The van der Waals surface area contributed by atoms with Crippen LogP contribution in [-0.4, -0.2) is 19.9 Å². The molecule has 31 aromatic rings. The average molecular weight is 1140 g/mol. The third-order valence-corrected chi connectivity index (χ3v) is 31.8. The Kier molecular flexibility index (Phi) is 3.81. The lowest BCUT2D eigenvalue weighted by Gasteiger charge is -2.57. The van der Waals surface area contributed by atoms with E-state index < -0.39 is 10.8 Å². The Balaban J connectivity index is 0.892. The van der Waals surface area contributed by atoms with Crippen molar-refractivity contribution >= 4 is 324 Å². The Hall–Kier alpha value is -10.7. The minimum atomic E-state index is -0.393. The van der Waals surface area contributed by atoms with Gasteiger partial charge in [-0.05, 0) is 411 Å². The van der Waals surface area contributed by atoms with Gasteiger partial charge in [0.05, 0.1) is 11.4 Å². The molecule has 8 bridgehead atoms. The van der Waals surface area contributed by atoms with Crippen LogP contribution in [0.4, 0.5) is 0 Å². The first-order valence-electron chi connectivity index (χ1n) is 34.3. The van der Waals surface area contributed by atoms with Gasteiger partial charge in [-0.1, -0.05) is 13.8 Å². The molecule has 0 saturated carbocycles. The second-order valence-electron chi connectivity index (χ2n) is 33.8. The molecule has 402 valence electrons. The van der Waals surface area contributed by atoms with Gasteiger partial charge in [0.1, 0.15) is 0 Å². The van der Waals surface area contributed by atoms with Crippen LogP contribution in [0.15, 0.2) is 24.3 Å². The summed E-state index contributed by atoms with van der Waals surface area (Å²) in [6.45, 7) is 14.1. The van der Waals surface area contributed by atoms with Gasteiger partial charge in [-0.3, -0.25) is 4.98 Å². The summed E-state index contributed by atoms with van der Waals surface area (Å²) in [5.74, 6) is 0. The fraction of sp³-hybridized carbons (Fsp3) is 0.136. The molecule has 4 heteroatoms. The van der Waals surface area contributed by atoms with Crippen molar-refractivity contribution in [2.24, 2.45) is 0 Å². The van der Waals surface area contributed by atoms with Crippen LogP contribution in [0.3, 0.4) is 0 Å². The molecule has 0 fully saturated rings. The minimum absolute atomic E-state index is 0.170. The lowest BCUT2D eigenvalue weighted by molar-refractivity contribution is 0.300. The number of allylic oxidation sites excluding steroid dienone is 2. The highest BCUT2D eigenvalue weighted by Gasteiger charge is 2.71. The first-order valence-corrected chi connectivity index (χ1v) is 34.3. The van der Waals surface area contributed by atoms with E-state index in [0.29, 0.717) is 0 Å². The van der Waals surface area contributed by atoms with E-state index in [2.05, 4.69) is 75.8 Å². The van der Waals surface area contributed by atoms with Crippen LogP contribution in [0.1, 0.15) is 95.0 Å². The van der Waals surface area contributed by atoms with Gasteiger partial charge in [-0.15, -0.1) is 0 Å². The standard InChI is InChI=1S/C88H30N4/c1-14-15(2)22-8-23-16(3)17(4)24(91-23)9-25-19-12-87-82-74-66-56-46-38-30-28-29-32-36-34(30)42-50-44(36)54-48-40(32)41-33(29)37-35-31(28)39(38)47-53-43(35)51-45(37)55-49(41)59-58(48)68-62(54)72-64(50)70(60(66)52(42)46)78(82)80(72)84-76(68)77-69(59)63(55)73-65(51)71-61(53)67(57(47)56)75(74)83(87)79(71)81(73)85(77)88(84,87)13-20(19)26(92-25)10-27-86(5,6)11-18(89-27)7-21(14)90-22/h7-10,90,92H,11-13H2,1-6H3. The van der Waals surface area contributed by atoms with Crippen LogP contribution >= 0.6 is 0 Å². The van der Waals surface area contributed by atoms with Crippen LogP contribution in [0.5, 0.6) is 0 Å². The maximum absolute atomic E-state index is 5.76. The summed E-state index contributed by atoms with van der Waals surface area (Å²) in [7, 11) is 0. The van der Waals surface area contributed by atoms with E-state index >= 15 is 0 Å². The van der Waals surface area contributed by atoms with Gasteiger partial charge < -0.3 is 9.97 Å². The molecule has 5 aliphatic carbocycles. The molecule has 2 spiro atoms. The third-order valence-electron chi connectivity index (χ3n) is 31.8. The van der Waals surface area contributed by atoms with Gasteiger partial charge >= 0.3 is 0 Å². The highest BCUT2D eigenvalue weighted by molar-refractivity contribution is 6.82.